The van der Waals surface area contributed by atoms with Gasteiger partial charge in [0.05, 0.1) is 19.8 Å². The Bertz CT molecular complexity index is 620. The zero-order valence-corrected chi connectivity index (χ0v) is 15.6. The Morgan fingerprint density at radius 2 is 1.42 bits per heavy atom. The number of esters is 3. The molecule has 0 aliphatic heterocycles. The zero-order chi connectivity index (χ0) is 19.2. The maximum atomic E-state index is 13.0. The third kappa shape index (κ3) is 3.45. The van der Waals surface area contributed by atoms with Gasteiger partial charge in [0.1, 0.15) is 0 Å². The van der Waals surface area contributed by atoms with E-state index in [4.69, 9.17) is 14.2 Å². The molecular formula is C20H26O6. The molecule has 0 unspecified atom stereocenters. The highest BCUT2D eigenvalue weighted by Gasteiger charge is 2.63. The Morgan fingerprint density at radius 3 is 1.92 bits per heavy atom. The number of aryl methyl sites for hydroxylation is 1. The Balaban J connectivity index is 2.67. The van der Waals surface area contributed by atoms with Crippen molar-refractivity contribution in [1.29, 1.82) is 0 Å². The maximum Gasteiger partial charge on any atom is 0.335 e. The molecule has 1 aromatic rings. The van der Waals surface area contributed by atoms with Gasteiger partial charge in [0.15, 0.2) is 0 Å². The number of hydrogen-bond acceptors (Lipinski definition) is 6. The summed E-state index contributed by atoms with van der Waals surface area (Å²) < 4.78 is 15.5. The first-order chi connectivity index (χ1) is 12.5. The van der Waals surface area contributed by atoms with Crippen LogP contribution in [0.5, 0.6) is 0 Å². The normalized spacial score (nSPS) is 16.3. The van der Waals surface area contributed by atoms with Gasteiger partial charge in [-0.1, -0.05) is 24.3 Å². The summed E-state index contributed by atoms with van der Waals surface area (Å²) in [6.45, 7) is 5.05. The Morgan fingerprint density at radius 1 is 0.923 bits per heavy atom. The van der Waals surface area contributed by atoms with Gasteiger partial charge in [0, 0.05) is 5.92 Å². The van der Waals surface area contributed by atoms with Crippen LogP contribution in [0.3, 0.4) is 0 Å². The second-order valence-corrected chi connectivity index (χ2v) is 6.11. The highest BCUT2D eigenvalue weighted by molar-refractivity contribution is 6.19. The van der Waals surface area contributed by atoms with Crippen molar-refractivity contribution >= 4 is 17.9 Å². The van der Waals surface area contributed by atoms with Crippen molar-refractivity contribution in [3.63, 3.8) is 0 Å². The molecule has 0 fully saturated rings. The minimum absolute atomic E-state index is 0.0494. The van der Waals surface area contributed by atoms with E-state index >= 15 is 0 Å². The lowest BCUT2D eigenvalue weighted by atomic mass is 9.66. The monoisotopic (exact) mass is 362 g/mol. The van der Waals surface area contributed by atoms with E-state index in [1.165, 1.54) is 0 Å². The minimum atomic E-state index is -2.14. The van der Waals surface area contributed by atoms with Gasteiger partial charge in [-0.25, -0.2) is 0 Å². The van der Waals surface area contributed by atoms with E-state index in [-0.39, 0.29) is 19.8 Å². The van der Waals surface area contributed by atoms with E-state index in [2.05, 4.69) is 0 Å². The number of carbonyl (C=O) groups excluding carboxylic acids is 3. The molecule has 26 heavy (non-hydrogen) atoms. The first kappa shape index (κ1) is 19.9. The Hall–Kier alpha value is -2.37. The lowest BCUT2D eigenvalue weighted by Crippen LogP contribution is -2.54. The van der Waals surface area contributed by atoms with Crippen molar-refractivity contribution in [3.8, 4) is 0 Å². The molecule has 142 valence electrons. The van der Waals surface area contributed by atoms with E-state index in [1.807, 2.05) is 24.3 Å². The van der Waals surface area contributed by atoms with Crippen LogP contribution in [0.2, 0.25) is 0 Å². The summed E-state index contributed by atoms with van der Waals surface area (Å²) in [6.07, 6.45) is 2.08. The molecule has 1 aliphatic rings. The smallest absolute Gasteiger partial charge is 0.335 e. The van der Waals surface area contributed by atoms with Gasteiger partial charge in [-0.05, 0) is 51.2 Å². The summed E-state index contributed by atoms with van der Waals surface area (Å²) in [7, 11) is 0. The quantitative estimate of drug-likeness (QED) is 0.422. The molecule has 0 amide bonds. The second kappa shape index (κ2) is 8.83. The third-order valence-corrected chi connectivity index (χ3v) is 4.68. The summed E-state index contributed by atoms with van der Waals surface area (Å²) in [6, 6.07) is 7.55. The van der Waals surface area contributed by atoms with Crippen molar-refractivity contribution in [2.45, 2.75) is 46.0 Å². The fourth-order valence-electron chi connectivity index (χ4n) is 3.62. The summed E-state index contributed by atoms with van der Waals surface area (Å²) >= 11 is 0. The van der Waals surface area contributed by atoms with Gasteiger partial charge < -0.3 is 14.2 Å². The van der Waals surface area contributed by atoms with Crippen LogP contribution in [0.15, 0.2) is 24.3 Å². The SMILES string of the molecule is CCOC(=O)C(C(=O)OCC)(C(=O)OCC)[C@H]1CCCc2ccccc21. The standard InChI is InChI=1S/C20H26O6/c1-4-24-17(21)20(18(22)25-5-2,19(23)26-6-3)16-13-9-11-14-10-7-8-12-15(14)16/h7-8,10,12,16H,4-6,9,11,13H2,1-3H3/t16-/m0/s1. The average Bonchev–Trinajstić information content (AvgIpc) is 2.63. The maximum absolute atomic E-state index is 13.0. The molecule has 1 atom stereocenters. The van der Waals surface area contributed by atoms with E-state index in [9.17, 15) is 14.4 Å². The van der Waals surface area contributed by atoms with E-state index in [0.29, 0.717) is 6.42 Å². The van der Waals surface area contributed by atoms with Gasteiger partial charge in [-0.3, -0.25) is 14.4 Å². The molecule has 1 aromatic carbocycles. The van der Waals surface area contributed by atoms with Crippen molar-refractivity contribution in [2.75, 3.05) is 19.8 Å². The van der Waals surface area contributed by atoms with Gasteiger partial charge in [-0.15, -0.1) is 0 Å². The molecule has 6 heteroatoms. The lowest BCUT2D eigenvalue weighted by Gasteiger charge is -2.37. The number of fused-ring (bicyclic) bond motifs is 1. The van der Waals surface area contributed by atoms with E-state index < -0.39 is 29.2 Å². The zero-order valence-electron chi connectivity index (χ0n) is 15.6. The molecule has 2 rings (SSSR count). The van der Waals surface area contributed by atoms with Crippen LogP contribution in [0.25, 0.3) is 0 Å². The van der Waals surface area contributed by atoms with Gasteiger partial charge >= 0.3 is 17.9 Å². The summed E-state index contributed by atoms with van der Waals surface area (Å²) in [5.41, 5.74) is -0.322. The van der Waals surface area contributed by atoms with Gasteiger partial charge in [-0.2, -0.15) is 0 Å². The van der Waals surface area contributed by atoms with Crippen molar-refractivity contribution in [1.82, 2.24) is 0 Å². The fraction of sp³-hybridized carbons (Fsp3) is 0.550. The molecule has 0 N–H and O–H groups in total. The molecule has 0 aromatic heterocycles. The highest BCUT2D eigenvalue weighted by atomic mass is 16.6. The molecule has 0 radical (unpaired) electrons. The van der Waals surface area contributed by atoms with Crippen LogP contribution in [0.1, 0.15) is 50.7 Å². The summed E-state index contributed by atoms with van der Waals surface area (Å²) in [5, 5.41) is 0. The highest BCUT2D eigenvalue weighted by Crippen LogP contribution is 2.47. The predicted molar refractivity (Wildman–Crippen MR) is 94.5 cm³/mol. The number of ether oxygens (including phenoxy) is 3. The molecule has 0 saturated carbocycles. The molecule has 6 nitrogen and oxygen atoms in total. The van der Waals surface area contributed by atoms with Crippen LogP contribution in [-0.2, 0) is 35.0 Å². The average molecular weight is 362 g/mol. The molecule has 0 spiro atoms. The number of benzene rings is 1. The fourth-order valence-corrected chi connectivity index (χ4v) is 3.62. The molecule has 0 saturated heterocycles. The van der Waals surface area contributed by atoms with Gasteiger partial charge in [0.25, 0.3) is 5.41 Å². The first-order valence-corrected chi connectivity index (χ1v) is 9.13. The third-order valence-electron chi connectivity index (χ3n) is 4.68. The van der Waals surface area contributed by atoms with Crippen LogP contribution >= 0.6 is 0 Å². The van der Waals surface area contributed by atoms with Crippen LogP contribution in [-0.4, -0.2) is 37.7 Å². The first-order valence-electron chi connectivity index (χ1n) is 9.13. The molecular weight excluding hydrogens is 336 g/mol. The number of rotatable bonds is 7. The predicted octanol–water partition coefficient (Wildman–Crippen LogP) is 2.78. The number of hydrogen-bond donors (Lipinski definition) is 0. The molecule has 0 bridgehead atoms. The van der Waals surface area contributed by atoms with Crippen LogP contribution in [0.4, 0.5) is 0 Å². The lowest BCUT2D eigenvalue weighted by molar-refractivity contribution is -0.186. The van der Waals surface area contributed by atoms with E-state index in [1.54, 1.807) is 20.8 Å². The largest absolute Gasteiger partial charge is 0.465 e. The van der Waals surface area contributed by atoms with Crippen LogP contribution in [0, 0.1) is 5.41 Å². The van der Waals surface area contributed by atoms with Crippen LogP contribution < -0.4 is 0 Å². The molecule has 0 heterocycles. The number of carbonyl (C=O) groups is 3. The molecule has 1 aliphatic carbocycles. The Kier molecular flexibility index (Phi) is 6.77. The van der Waals surface area contributed by atoms with Crippen molar-refractivity contribution in [3.05, 3.63) is 35.4 Å². The Labute approximate surface area is 153 Å². The second-order valence-electron chi connectivity index (χ2n) is 6.11. The van der Waals surface area contributed by atoms with Crippen molar-refractivity contribution < 1.29 is 28.6 Å². The topological polar surface area (TPSA) is 78.9 Å². The van der Waals surface area contributed by atoms with E-state index in [0.717, 1.165) is 24.0 Å². The minimum Gasteiger partial charge on any atom is -0.465 e. The summed E-state index contributed by atoms with van der Waals surface area (Å²) in [5.74, 6) is -3.39. The van der Waals surface area contributed by atoms with Crippen molar-refractivity contribution in [2.24, 2.45) is 5.41 Å². The van der Waals surface area contributed by atoms with Gasteiger partial charge in [0.2, 0.25) is 0 Å². The summed E-state index contributed by atoms with van der Waals surface area (Å²) in [4.78, 5) is 38.9.